The number of nitrogens with zero attached hydrogens (tertiary/aromatic N) is 1. The first-order valence-electron chi connectivity index (χ1n) is 4.76. The lowest BCUT2D eigenvalue weighted by molar-refractivity contribution is 0.121. The van der Waals surface area contributed by atoms with E-state index in [-0.39, 0.29) is 6.10 Å². The Bertz CT molecular complexity index is 319. The molecule has 0 spiro atoms. The van der Waals surface area contributed by atoms with Crippen molar-refractivity contribution in [2.75, 3.05) is 11.9 Å². The number of halogens is 1. The molecule has 1 aromatic heterocycles. The normalized spacial score (nSPS) is 26.4. The number of hydrogen-bond acceptors (Lipinski definition) is 3. The molecule has 1 aliphatic rings. The Hall–Kier alpha value is -0.610. The van der Waals surface area contributed by atoms with Gasteiger partial charge in [-0.15, -0.1) is 0 Å². The average molecular weight is 257 g/mol. The van der Waals surface area contributed by atoms with Crippen molar-refractivity contribution in [3.8, 4) is 0 Å². The molecule has 1 aliphatic heterocycles. The van der Waals surface area contributed by atoms with E-state index in [9.17, 15) is 0 Å². The third-order valence-electron chi connectivity index (χ3n) is 2.48. The highest BCUT2D eigenvalue weighted by molar-refractivity contribution is 9.10. The Morgan fingerprint density at radius 1 is 1.64 bits per heavy atom. The molecular formula is C10H13BrN2O. The van der Waals surface area contributed by atoms with Gasteiger partial charge < -0.3 is 10.1 Å². The van der Waals surface area contributed by atoms with Gasteiger partial charge in [0.2, 0.25) is 0 Å². The molecule has 4 heteroatoms. The standard InChI is InChI=1S/C10H13BrN2O/c1-7-8(4-6-14-7)13-9-3-2-5-12-10(9)11/h2-3,5,7-8,13H,4,6H2,1H3. The van der Waals surface area contributed by atoms with Crippen molar-refractivity contribution >= 4 is 21.6 Å². The number of aromatic nitrogens is 1. The molecule has 2 heterocycles. The molecule has 1 N–H and O–H groups in total. The van der Waals surface area contributed by atoms with E-state index < -0.39 is 0 Å². The molecule has 76 valence electrons. The zero-order valence-electron chi connectivity index (χ0n) is 8.03. The predicted molar refractivity (Wildman–Crippen MR) is 59.4 cm³/mol. The predicted octanol–water partition coefficient (Wildman–Crippen LogP) is 2.43. The highest BCUT2D eigenvalue weighted by Crippen LogP contribution is 2.23. The van der Waals surface area contributed by atoms with Crippen LogP contribution in [0.25, 0.3) is 0 Å². The van der Waals surface area contributed by atoms with Gasteiger partial charge in [0.25, 0.3) is 0 Å². The van der Waals surface area contributed by atoms with Crippen LogP contribution in [0.15, 0.2) is 22.9 Å². The third-order valence-corrected chi connectivity index (χ3v) is 3.11. The van der Waals surface area contributed by atoms with Gasteiger partial charge in [0.05, 0.1) is 17.8 Å². The second kappa shape index (κ2) is 4.28. The van der Waals surface area contributed by atoms with Gasteiger partial charge in [0, 0.05) is 12.8 Å². The molecule has 1 saturated heterocycles. The Labute approximate surface area is 92.0 Å². The minimum Gasteiger partial charge on any atom is -0.377 e. The molecule has 0 amide bonds. The lowest BCUT2D eigenvalue weighted by atomic mass is 10.1. The summed E-state index contributed by atoms with van der Waals surface area (Å²) in [6.45, 7) is 2.94. The quantitative estimate of drug-likeness (QED) is 0.826. The van der Waals surface area contributed by atoms with E-state index in [2.05, 4.69) is 33.2 Å². The van der Waals surface area contributed by atoms with Crippen LogP contribution in [0.3, 0.4) is 0 Å². The molecule has 2 rings (SSSR count). The van der Waals surface area contributed by atoms with Crippen molar-refractivity contribution in [3.63, 3.8) is 0 Å². The maximum absolute atomic E-state index is 5.48. The van der Waals surface area contributed by atoms with E-state index in [0.29, 0.717) is 6.04 Å². The molecule has 2 unspecified atom stereocenters. The monoisotopic (exact) mass is 256 g/mol. The van der Waals surface area contributed by atoms with E-state index in [1.807, 2.05) is 12.1 Å². The second-order valence-electron chi connectivity index (χ2n) is 3.46. The Morgan fingerprint density at radius 2 is 2.50 bits per heavy atom. The lowest BCUT2D eigenvalue weighted by Crippen LogP contribution is -2.26. The summed E-state index contributed by atoms with van der Waals surface area (Å²) in [5, 5.41) is 3.42. The van der Waals surface area contributed by atoms with Crippen molar-refractivity contribution in [1.82, 2.24) is 4.98 Å². The summed E-state index contributed by atoms with van der Waals surface area (Å²) in [7, 11) is 0. The van der Waals surface area contributed by atoms with Crippen LogP contribution in [0.1, 0.15) is 13.3 Å². The molecule has 0 radical (unpaired) electrons. The van der Waals surface area contributed by atoms with Gasteiger partial charge in [-0.25, -0.2) is 4.98 Å². The van der Waals surface area contributed by atoms with Crippen molar-refractivity contribution in [3.05, 3.63) is 22.9 Å². The topological polar surface area (TPSA) is 34.1 Å². The van der Waals surface area contributed by atoms with Gasteiger partial charge in [-0.3, -0.25) is 0 Å². The minimum atomic E-state index is 0.280. The number of nitrogens with one attached hydrogen (secondary N) is 1. The molecule has 1 aromatic rings. The fourth-order valence-corrected chi connectivity index (χ4v) is 1.98. The van der Waals surface area contributed by atoms with Crippen LogP contribution in [0.5, 0.6) is 0 Å². The Balaban J connectivity index is 2.07. The Morgan fingerprint density at radius 3 is 3.14 bits per heavy atom. The molecule has 0 saturated carbocycles. The van der Waals surface area contributed by atoms with Crippen LogP contribution >= 0.6 is 15.9 Å². The molecule has 0 aromatic carbocycles. The summed E-state index contributed by atoms with van der Waals surface area (Å²) in [6, 6.07) is 4.34. The van der Waals surface area contributed by atoms with E-state index in [0.717, 1.165) is 23.3 Å². The molecule has 0 aliphatic carbocycles. The number of rotatable bonds is 2. The van der Waals surface area contributed by atoms with Crippen molar-refractivity contribution < 1.29 is 4.74 Å². The summed E-state index contributed by atoms with van der Waals surface area (Å²) < 4.78 is 6.34. The maximum Gasteiger partial charge on any atom is 0.129 e. The van der Waals surface area contributed by atoms with Crippen molar-refractivity contribution in [2.45, 2.75) is 25.5 Å². The molecule has 2 atom stereocenters. The molecule has 3 nitrogen and oxygen atoms in total. The second-order valence-corrected chi connectivity index (χ2v) is 4.21. The highest BCUT2D eigenvalue weighted by atomic mass is 79.9. The number of anilines is 1. The van der Waals surface area contributed by atoms with Gasteiger partial charge in [0.15, 0.2) is 0 Å². The van der Waals surface area contributed by atoms with E-state index >= 15 is 0 Å². The van der Waals surface area contributed by atoms with E-state index in [1.165, 1.54) is 0 Å². The van der Waals surface area contributed by atoms with Gasteiger partial charge in [0.1, 0.15) is 4.60 Å². The highest BCUT2D eigenvalue weighted by Gasteiger charge is 2.24. The number of ether oxygens (including phenoxy) is 1. The summed E-state index contributed by atoms with van der Waals surface area (Å²) in [6.07, 6.45) is 3.11. The lowest BCUT2D eigenvalue weighted by Gasteiger charge is -2.17. The molecule has 1 fully saturated rings. The maximum atomic E-state index is 5.48. The first-order chi connectivity index (χ1) is 6.77. The summed E-state index contributed by atoms with van der Waals surface area (Å²) in [5.74, 6) is 0. The summed E-state index contributed by atoms with van der Waals surface area (Å²) in [4.78, 5) is 4.16. The smallest absolute Gasteiger partial charge is 0.129 e. The largest absolute Gasteiger partial charge is 0.377 e. The van der Waals surface area contributed by atoms with Gasteiger partial charge in [-0.05, 0) is 41.4 Å². The number of hydrogen-bond donors (Lipinski definition) is 1. The van der Waals surface area contributed by atoms with Crippen LogP contribution in [0.4, 0.5) is 5.69 Å². The zero-order valence-corrected chi connectivity index (χ0v) is 9.62. The third kappa shape index (κ3) is 2.07. The van der Waals surface area contributed by atoms with Gasteiger partial charge >= 0.3 is 0 Å². The fourth-order valence-electron chi connectivity index (χ4n) is 1.61. The average Bonchev–Trinajstić information content (AvgIpc) is 2.56. The van der Waals surface area contributed by atoms with Crippen LogP contribution in [0.2, 0.25) is 0 Å². The first-order valence-corrected chi connectivity index (χ1v) is 5.55. The zero-order chi connectivity index (χ0) is 9.97. The van der Waals surface area contributed by atoms with Crippen LogP contribution in [-0.4, -0.2) is 23.7 Å². The van der Waals surface area contributed by atoms with Gasteiger partial charge in [-0.2, -0.15) is 0 Å². The van der Waals surface area contributed by atoms with Crippen molar-refractivity contribution in [2.24, 2.45) is 0 Å². The minimum absolute atomic E-state index is 0.280. The SMILES string of the molecule is CC1OCCC1Nc1cccnc1Br. The summed E-state index contributed by atoms with van der Waals surface area (Å²) >= 11 is 3.41. The molecule has 14 heavy (non-hydrogen) atoms. The first kappa shape index (κ1) is 9.93. The van der Waals surface area contributed by atoms with Gasteiger partial charge in [-0.1, -0.05) is 0 Å². The van der Waals surface area contributed by atoms with E-state index in [1.54, 1.807) is 6.20 Å². The Kier molecular flexibility index (Phi) is 3.03. The van der Waals surface area contributed by atoms with Crippen LogP contribution in [-0.2, 0) is 4.74 Å². The van der Waals surface area contributed by atoms with Crippen molar-refractivity contribution in [1.29, 1.82) is 0 Å². The van der Waals surface area contributed by atoms with Crippen LogP contribution < -0.4 is 5.32 Å². The fraction of sp³-hybridized carbons (Fsp3) is 0.500. The molecular weight excluding hydrogens is 244 g/mol. The van der Waals surface area contributed by atoms with Crippen LogP contribution in [0, 0.1) is 0 Å². The molecule has 0 bridgehead atoms. The summed E-state index contributed by atoms with van der Waals surface area (Å²) in [5.41, 5.74) is 1.04. The van der Waals surface area contributed by atoms with E-state index in [4.69, 9.17) is 4.74 Å². The number of pyridine rings is 1.